The van der Waals surface area contributed by atoms with Gasteiger partial charge in [0.15, 0.2) is 0 Å². The predicted octanol–water partition coefficient (Wildman–Crippen LogP) is 2.93. The van der Waals surface area contributed by atoms with E-state index in [-0.39, 0.29) is 18.5 Å². The van der Waals surface area contributed by atoms with E-state index in [9.17, 15) is 0 Å². The summed E-state index contributed by atoms with van der Waals surface area (Å²) in [7, 11) is 0. The Balaban J connectivity index is 0.00000208. The van der Waals surface area contributed by atoms with Crippen molar-refractivity contribution in [2.45, 2.75) is 51.3 Å². The maximum atomic E-state index is 6.08. The number of benzene rings is 1. The molecule has 2 aliphatic rings. The van der Waals surface area contributed by atoms with Gasteiger partial charge >= 0.3 is 0 Å². The molecule has 1 aliphatic carbocycles. The van der Waals surface area contributed by atoms with E-state index in [4.69, 9.17) is 9.47 Å². The Labute approximate surface area is 152 Å². The topological polar surface area (TPSA) is 42.5 Å². The monoisotopic (exact) mass is 354 g/mol. The number of hydrogen-bond donors (Lipinski definition) is 2. The number of hydrogen-bond acceptors (Lipinski definition) is 4. The molecule has 1 aromatic rings. The van der Waals surface area contributed by atoms with Gasteiger partial charge in [-0.25, -0.2) is 0 Å². The van der Waals surface area contributed by atoms with Crippen LogP contribution in [0.15, 0.2) is 24.3 Å². The van der Waals surface area contributed by atoms with Crippen molar-refractivity contribution in [1.29, 1.82) is 0 Å². The average Bonchev–Trinajstić information content (AvgIpc) is 3.04. The van der Waals surface area contributed by atoms with E-state index in [1.54, 1.807) is 0 Å². The molecule has 0 amide bonds. The molecule has 2 fully saturated rings. The minimum atomic E-state index is 0. The van der Waals surface area contributed by atoms with E-state index in [2.05, 4.69) is 30.5 Å². The van der Waals surface area contributed by atoms with Crippen LogP contribution in [0.4, 0.5) is 0 Å². The third kappa shape index (κ3) is 5.09. The van der Waals surface area contributed by atoms with Gasteiger partial charge in [0.1, 0.15) is 11.9 Å². The van der Waals surface area contributed by atoms with Crippen LogP contribution >= 0.6 is 12.4 Å². The van der Waals surface area contributed by atoms with Crippen LogP contribution in [0.2, 0.25) is 0 Å². The SMILES string of the molecule is Cc1ccccc1OC(C)CNC1CCCC1C1COCCN1.Cl. The van der Waals surface area contributed by atoms with Crippen LogP contribution in [0, 0.1) is 12.8 Å². The molecule has 136 valence electrons. The largest absolute Gasteiger partial charge is 0.489 e. The first-order valence-corrected chi connectivity index (χ1v) is 9.01. The summed E-state index contributed by atoms with van der Waals surface area (Å²) in [6, 6.07) is 9.32. The lowest BCUT2D eigenvalue weighted by Crippen LogP contribution is -2.51. The summed E-state index contributed by atoms with van der Waals surface area (Å²) in [5.74, 6) is 1.67. The number of rotatable bonds is 6. The van der Waals surface area contributed by atoms with Crippen LogP contribution in [-0.2, 0) is 4.74 Å². The van der Waals surface area contributed by atoms with Crippen molar-refractivity contribution in [3.05, 3.63) is 29.8 Å². The van der Waals surface area contributed by atoms with Crippen LogP contribution in [0.5, 0.6) is 5.75 Å². The normalized spacial score (nSPS) is 28.2. The Morgan fingerprint density at radius 3 is 2.92 bits per heavy atom. The standard InChI is InChI=1S/C19H30N2O2.ClH/c1-14-6-3-4-9-19(14)23-15(2)12-21-17-8-5-7-16(17)18-13-22-11-10-20-18;/h3-4,6,9,15-18,20-21H,5,7-8,10-13H2,1-2H3;1H. The maximum absolute atomic E-state index is 6.08. The summed E-state index contributed by atoms with van der Waals surface area (Å²) in [6.45, 7) is 7.83. The quantitative estimate of drug-likeness (QED) is 0.824. The molecule has 24 heavy (non-hydrogen) atoms. The highest BCUT2D eigenvalue weighted by Gasteiger charge is 2.34. The van der Waals surface area contributed by atoms with E-state index in [0.29, 0.717) is 18.0 Å². The van der Waals surface area contributed by atoms with E-state index in [1.165, 1.54) is 24.8 Å². The molecule has 5 heteroatoms. The lowest BCUT2D eigenvalue weighted by atomic mass is 9.94. The molecule has 3 rings (SSSR count). The highest BCUT2D eigenvalue weighted by atomic mass is 35.5. The van der Waals surface area contributed by atoms with Crippen molar-refractivity contribution in [3.8, 4) is 5.75 Å². The zero-order chi connectivity index (χ0) is 16.1. The van der Waals surface area contributed by atoms with Crippen molar-refractivity contribution in [1.82, 2.24) is 10.6 Å². The molecule has 1 aliphatic heterocycles. The summed E-state index contributed by atoms with van der Waals surface area (Å²) in [5.41, 5.74) is 1.20. The van der Waals surface area contributed by atoms with Gasteiger partial charge in [0.2, 0.25) is 0 Å². The van der Waals surface area contributed by atoms with E-state index in [0.717, 1.165) is 32.1 Å². The first kappa shape index (κ1) is 19.5. The molecule has 1 aromatic carbocycles. The Morgan fingerprint density at radius 1 is 1.33 bits per heavy atom. The van der Waals surface area contributed by atoms with Crippen molar-refractivity contribution < 1.29 is 9.47 Å². The molecule has 0 radical (unpaired) electrons. The van der Waals surface area contributed by atoms with Gasteiger partial charge in [-0.05, 0) is 44.2 Å². The Hall–Kier alpha value is -0.810. The first-order chi connectivity index (χ1) is 11.2. The van der Waals surface area contributed by atoms with Gasteiger partial charge in [-0.3, -0.25) is 0 Å². The molecule has 0 spiro atoms. The van der Waals surface area contributed by atoms with E-state index in [1.807, 2.05) is 18.2 Å². The van der Waals surface area contributed by atoms with Gasteiger partial charge in [0, 0.05) is 25.2 Å². The van der Waals surface area contributed by atoms with Crippen LogP contribution in [0.25, 0.3) is 0 Å². The van der Waals surface area contributed by atoms with Crippen molar-refractivity contribution in [2.24, 2.45) is 5.92 Å². The van der Waals surface area contributed by atoms with Crippen molar-refractivity contribution in [2.75, 3.05) is 26.3 Å². The van der Waals surface area contributed by atoms with Crippen molar-refractivity contribution in [3.63, 3.8) is 0 Å². The number of morpholine rings is 1. The fraction of sp³-hybridized carbons (Fsp3) is 0.684. The molecular weight excluding hydrogens is 324 g/mol. The van der Waals surface area contributed by atoms with Gasteiger partial charge in [-0.2, -0.15) is 0 Å². The lowest BCUT2D eigenvalue weighted by Gasteiger charge is -2.33. The average molecular weight is 355 g/mol. The van der Waals surface area contributed by atoms with Crippen LogP contribution in [0.3, 0.4) is 0 Å². The van der Waals surface area contributed by atoms with Gasteiger partial charge in [-0.15, -0.1) is 12.4 Å². The molecule has 1 heterocycles. The third-order valence-electron chi connectivity index (χ3n) is 5.13. The summed E-state index contributed by atoms with van der Waals surface area (Å²) in [6.07, 6.45) is 4.05. The van der Waals surface area contributed by atoms with Crippen LogP contribution < -0.4 is 15.4 Å². The fourth-order valence-corrected chi connectivity index (χ4v) is 3.85. The van der Waals surface area contributed by atoms with E-state index < -0.39 is 0 Å². The zero-order valence-electron chi connectivity index (χ0n) is 14.8. The molecule has 0 aromatic heterocycles. The molecule has 1 saturated heterocycles. The number of aryl methyl sites for hydroxylation is 1. The van der Waals surface area contributed by atoms with Crippen LogP contribution in [-0.4, -0.2) is 44.5 Å². The molecule has 2 N–H and O–H groups in total. The van der Waals surface area contributed by atoms with Gasteiger partial charge in [0.05, 0.1) is 13.2 Å². The summed E-state index contributed by atoms with van der Waals surface area (Å²) < 4.78 is 11.7. The van der Waals surface area contributed by atoms with Gasteiger partial charge in [-0.1, -0.05) is 24.6 Å². The van der Waals surface area contributed by atoms with Gasteiger partial charge in [0.25, 0.3) is 0 Å². The Morgan fingerprint density at radius 2 is 2.17 bits per heavy atom. The minimum Gasteiger partial charge on any atom is -0.489 e. The number of nitrogens with one attached hydrogen (secondary N) is 2. The van der Waals surface area contributed by atoms with Crippen LogP contribution in [0.1, 0.15) is 31.7 Å². The Bertz CT molecular complexity index is 494. The summed E-state index contributed by atoms with van der Waals surface area (Å²) in [4.78, 5) is 0. The highest BCUT2D eigenvalue weighted by Crippen LogP contribution is 2.29. The molecule has 0 bridgehead atoms. The molecular formula is C19H31ClN2O2. The maximum Gasteiger partial charge on any atom is 0.122 e. The second-order valence-electron chi connectivity index (χ2n) is 6.94. The molecule has 4 atom stereocenters. The lowest BCUT2D eigenvalue weighted by molar-refractivity contribution is 0.0518. The zero-order valence-corrected chi connectivity index (χ0v) is 15.6. The molecule has 1 saturated carbocycles. The molecule has 4 nitrogen and oxygen atoms in total. The molecule has 4 unspecified atom stereocenters. The third-order valence-corrected chi connectivity index (χ3v) is 5.13. The number of halogens is 1. The fourth-order valence-electron chi connectivity index (χ4n) is 3.85. The van der Waals surface area contributed by atoms with E-state index >= 15 is 0 Å². The summed E-state index contributed by atoms with van der Waals surface area (Å²) >= 11 is 0. The minimum absolute atomic E-state index is 0. The Kier molecular flexibility index (Phi) is 7.82. The second kappa shape index (κ2) is 9.62. The second-order valence-corrected chi connectivity index (χ2v) is 6.94. The predicted molar refractivity (Wildman–Crippen MR) is 100 cm³/mol. The smallest absolute Gasteiger partial charge is 0.122 e. The van der Waals surface area contributed by atoms with Crippen molar-refractivity contribution >= 4 is 12.4 Å². The number of para-hydroxylation sites is 1. The summed E-state index contributed by atoms with van der Waals surface area (Å²) in [5, 5.41) is 7.38. The number of ether oxygens (including phenoxy) is 2. The highest BCUT2D eigenvalue weighted by molar-refractivity contribution is 5.85. The van der Waals surface area contributed by atoms with Gasteiger partial charge < -0.3 is 20.1 Å². The first-order valence-electron chi connectivity index (χ1n) is 9.01.